The molecule has 2 aliphatic heterocycles. The minimum absolute atomic E-state index is 0.0598. The number of carbonyl (C=O) groups is 2. The third kappa shape index (κ3) is 12.6. The maximum absolute atomic E-state index is 14.3. The molecule has 1 aliphatic carbocycles. The predicted molar refractivity (Wildman–Crippen MR) is 257 cm³/mol. The zero-order chi connectivity index (χ0) is 51.4. The number of hydrogen-bond donors (Lipinski definition) is 8. The van der Waals surface area contributed by atoms with Gasteiger partial charge in [-0.15, -0.1) is 0 Å². The minimum Gasteiger partial charge on any atom is -0.756 e. The summed E-state index contributed by atoms with van der Waals surface area (Å²) in [6, 6.07) is 15.7. The number of ether oxygens (including phenoxy) is 1. The summed E-state index contributed by atoms with van der Waals surface area (Å²) in [5.41, 5.74) is 13.5. The number of hydrogen-bond acceptors (Lipinski definition) is 16. The van der Waals surface area contributed by atoms with Crippen molar-refractivity contribution in [2.24, 2.45) is 0 Å². The lowest BCUT2D eigenvalue weighted by Crippen LogP contribution is -2.76. The Morgan fingerprint density at radius 1 is 1.04 bits per heavy atom. The number of rotatable bonds is 18. The number of nitrogens with zero attached hydrogens (tertiary/aromatic N) is 4. The number of phosphoric acid groups is 3. The van der Waals surface area contributed by atoms with Gasteiger partial charge in [0.1, 0.15) is 48.0 Å². The van der Waals surface area contributed by atoms with Gasteiger partial charge in [-0.05, 0) is 63.4 Å². The van der Waals surface area contributed by atoms with Gasteiger partial charge in [-0.1, -0.05) is 30.0 Å². The molecule has 4 aromatic rings. The van der Waals surface area contributed by atoms with Crippen molar-refractivity contribution >= 4 is 68.8 Å². The van der Waals surface area contributed by atoms with E-state index in [0.717, 1.165) is 57.3 Å². The van der Waals surface area contributed by atoms with Crippen LogP contribution in [0.4, 0.5) is 11.5 Å². The fourth-order valence-corrected chi connectivity index (χ4v) is 11.2. The minimum atomic E-state index is -5.85. The lowest BCUT2D eigenvalue weighted by atomic mass is 9.89. The highest BCUT2D eigenvalue weighted by molar-refractivity contribution is 7.66. The van der Waals surface area contributed by atoms with Gasteiger partial charge in [0, 0.05) is 78.6 Å². The second-order valence-electron chi connectivity index (χ2n) is 16.5. The first-order valence-corrected chi connectivity index (χ1v) is 26.7. The second kappa shape index (κ2) is 21.9. The summed E-state index contributed by atoms with van der Waals surface area (Å²) in [4.78, 5) is 79.2. The molecule has 26 heteroatoms. The zero-order valence-electron chi connectivity index (χ0n) is 39.1. The van der Waals surface area contributed by atoms with Crippen molar-refractivity contribution < 1.29 is 75.3 Å². The van der Waals surface area contributed by atoms with E-state index in [-0.39, 0.29) is 49.2 Å². The van der Waals surface area contributed by atoms with E-state index in [0.29, 0.717) is 34.3 Å². The van der Waals surface area contributed by atoms with Crippen molar-refractivity contribution in [1.82, 2.24) is 24.8 Å². The number of aryl methyl sites for hydroxylation is 2. The van der Waals surface area contributed by atoms with Crippen LogP contribution >= 0.6 is 23.5 Å². The summed E-state index contributed by atoms with van der Waals surface area (Å²) in [5.74, 6) is 6.04. The Balaban J connectivity index is 0.991. The van der Waals surface area contributed by atoms with Gasteiger partial charge in [-0.2, -0.15) is 4.31 Å². The molecule has 0 radical (unpaired) electrons. The third-order valence-electron chi connectivity index (χ3n) is 11.4. The first-order valence-electron chi connectivity index (χ1n) is 22.2. The van der Waals surface area contributed by atoms with Crippen LogP contribution in [0.2, 0.25) is 0 Å². The van der Waals surface area contributed by atoms with E-state index in [1.54, 1.807) is 11.9 Å². The van der Waals surface area contributed by atoms with Crippen LogP contribution in [0, 0.1) is 25.7 Å². The number of nitrogen functional groups attached to an aromatic ring is 1. The number of phosphoric ester groups is 1. The van der Waals surface area contributed by atoms with E-state index in [1.165, 1.54) is 17.1 Å². The number of fused-ring (bicyclic) bond motifs is 3. The normalized spacial score (nSPS) is 18.7. The van der Waals surface area contributed by atoms with E-state index in [4.69, 9.17) is 19.8 Å². The predicted octanol–water partition coefficient (Wildman–Crippen LogP) is 2.96. The molecule has 6 atom stereocenters. The zero-order valence-corrected chi connectivity index (χ0v) is 41.8. The van der Waals surface area contributed by atoms with Gasteiger partial charge in [-0.3, -0.25) is 18.7 Å². The Hall–Kier alpha value is -5.82. The highest BCUT2D eigenvalue weighted by Gasteiger charge is 2.42. The number of nitrogens with two attached hydrogens (primary N) is 1. The number of carbonyl (C=O) groups excluding carboxylic acids is 2. The number of nitrogens with one attached hydrogen (secondary N) is 3. The average molecular weight is 1040 g/mol. The first-order chi connectivity index (χ1) is 33.6. The maximum Gasteiger partial charge on any atom is 0.487 e. The van der Waals surface area contributed by atoms with Gasteiger partial charge >= 0.3 is 15.6 Å². The van der Waals surface area contributed by atoms with Crippen LogP contribution in [-0.2, 0) is 36.4 Å². The van der Waals surface area contributed by atoms with Crippen LogP contribution in [0.15, 0.2) is 65.5 Å². The molecule has 71 heavy (non-hydrogen) atoms. The molecule has 2 aromatic heterocycles. The number of aliphatic hydroxyl groups excluding tert-OH is 1. The van der Waals surface area contributed by atoms with Crippen molar-refractivity contribution in [2.75, 3.05) is 50.9 Å². The lowest BCUT2D eigenvalue weighted by Gasteiger charge is -2.22. The Labute approximate surface area is 406 Å². The van der Waals surface area contributed by atoms with Crippen molar-refractivity contribution in [1.29, 1.82) is 0 Å². The molecule has 1 saturated heterocycles. The molecule has 1 fully saturated rings. The largest absolute Gasteiger partial charge is 0.756 e. The quantitative estimate of drug-likeness (QED) is 0.0348. The van der Waals surface area contributed by atoms with Crippen molar-refractivity contribution in [3.05, 3.63) is 88.7 Å². The van der Waals surface area contributed by atoms with E-state index >= 15 is 0 Å². The van der Waals surface area contributed by atoms with Crippen molar-refractivity contribution in [3.63, 3.8) is 0 Å². The standard InChI is InChI=1S/C45H53N8O15P3/c1-6-47-33-20-36-31(18-26(33)3)42(32-19-27(4)34(48-7-2)21-37(32)65-36)29-13-8-9-14-30(29)45(56)52(5)17-11-15-39(55)49-16-10-12-28-23-53(44-41(28)43(46)50-25-51-44)40-22-35(54)38(66-40)24-64-70(60,61)68-71(62,63)67-69(57,58)59/h8-9,13-14,18-21,23,25,35,38,40,47,54H,6-7,11,15-17,22,24H2,1-5H3,(H,49,55)(H,60,61)(H,62,63)(H2,46,50,51)(H2,57,58,59)/t35-,38+,40+/m0/s1. The van der Waals surface area contributed by atoms with E-state index in [1.807, 2.05) is 64.1 Å². The SMILES string of the molecule is CCNc1cc2oc3cc(=[NH+]CC)c(C)cc-3c(-c3ccccc3C(=O)N(C)CCCC(=O)NCC#Cc3cn([C@H]4C[C@H](O)[C@@H](COP(=O)(O)OP(=O)(O)OP(=O)([O-])O)O4)c4ncnc(N)c34)c2cc1C. The Bertz CT molecular complexity index is 3260. The number of benzene rings is 3. The summed E-state index contributed by atoms with van der Waals surface area (Å²) in [6.45, 7) is 8.94. The summed E-state index contributed by atoms with van der Waals surface area (Å²) in [6.07, 6.45) is -0.589. The molecule has 2 aromatic carbocycles. The molecule has 0 spiro atoms. The van der Waals surface area contributed by atoms with Crippen LogP contribution in [0.1, 0.15) is 66.4 Å². The van der Waals surface area contributed by atoms with Gasteiger partial charge in [0.15, 0.2) is 0 Å². The Morgan fingerprint density at radius 3 is 2.54 bits per heavy atom. The number of amides is 2. The van der Waals surface area contributed by atoms with E-state index in [2.05, 4.69) is 62.7 Å². The van der Waals surface area contributed by atoms with E-state index < -0.39 is 48.5 Å². The number of aromatic nitrogens is 3. The van der Waals surface area contributed by atoms with Crippen LogP contribution < -0.4 is 31.6 Å². The van der Waals surface area contributed by atoms with Gasteiger partial charge in [0.05, 0.1) is 36.3 Å². The van der Waals surface area contributed by atoms with Crippen LogP contribution in [0.5, 0.6) is 0 Å². The molecule has 2 amide bonds. The molecular formula is C45H53N8O15P3. The van der Waals surface area contributed by atoms with E-state index in [9.17, 15) is 43.1 Å². The van der Waals surface area contributed by atoms with Gasteiger partial charge in [0.2, 0.25) is 11.3 Å². The molecular weight excluding hydrogens is 985 g/mol. The summed E-state index contributed by atoms with van der Waals surface area (Å²) in [7, 11) is -15.5. The molecule has 378 valence electrons. The van der Waals surface area contributed by atoms with Crippen LogP contribution in [0.25, 0.3) is 44.5 Å². The highest BCUT2D eigenvalue weighted by atomic mass is 31.3. The molecule has 3 aliphatic rings. The molecule has 4 heterocycles. The first kappa shape index (κ1) is 53.0. The third-order valence-corrected chi connectivity index (χ3v) is 15.2. The summed E-state index contributed by atoms with van der Waals surface area (Å²) < 4.78 is 60.5. The highest BCUT2D eigenvalue weighted by Crippen LogP contribution is 2.65. The smallest absolute Gasteiger partial charge is 0.487 e. The molecule has 7 rings (SSSR count). The molecule has 9 N–H and O–H groups in total. The van der Waals surface area contributed by atoms with Crippen LogP contribution in [0.3, 0.4) is 0 Å². The van der Waals surface area contributed by atoms with Gasteiger partial charge < -0.3 is 59.7 Å². The average Bonchev–Trinajstić information content (AvgIpc) is 3.86. The summed E-state index contributed by atoms with van der Waals surface area (Å²) in [5, 5.41) is 19.0. The lowest BCUT2D eigenvalue weighted by molar-refractivity contribution is -0.496. The van der Waals surface area contributed by atoms with Gasteiger partial charge in [-0.25, -0.2) is 28.4 Å². The van der Waals surface area contributed by atoms with Gasteiger partial charge in [0.25, 0.3) is 13.7 Å². The number of aliphatic hydroxyl groups is 1. The molecule has 23 nitrogen and oxygen atoms in total. The maximum atomic E-state index is 14.3. The van der Waals surface area contributed by atoms with Crippen LogP contribution in [-0.4, -0.2) is 103 Å². The molecule has 0 saturated carbocycles. The Kier molecular flexibility index (Phi) is 16.3. The molecule has 3 unspecified atom stereocenters. The van der Waals surface area contributed by atoms with Crippen molar-refractivity contribution in [3.8, 4) is 34.3 Å². The monoisotopic (exact) mass is 1040 g/mol. The molecule has 0 bridgehead atoms. The number of anilines is 2. The second-order valence-corrected chi connectivity index (χ2v) is 20.9. The topological polar surface area (TPSA) is 337 Å². The fraction of sp³-hybridized carbons (Fsp3) is 0.356. The fourth-order valence-electron chi connectivity index (χ4n) is 8.22. The van der Waals surface area contributed by atoms with Crippen molar-refractivity contribution in [2.45, 2.75) is 65.4 Å². The Morgan fingerprint density at radius 2 is 1.80 bits per heavy atom. The summed E-state index contributed by atoms with van der Waals surface area (Å²) >= 11 is 0.